The lowest BCUT2D eigenvalue weighted by molar-refractivity contribution is -0.161. The first kappa shape index (κ1) is 83.5. The van der Waals surface area contributed by atoms with E-state index in [2.05, 4.69) is 72.8 Å². The van der Waals surface area contributed by atoms with Gasteiger partial charge in [0.2, 0.25) is 0 Å². The van der Waals surface area contributed by atoms with Crippen LogP contribution < -0.4 is 0 Å². The quantitative estimate of drug-likeness (QED) is 0.0169. The number of hydrogen-bond donors (Lipinski definition) is 3. The van der Waals surface area contributed by atoms with E-state index in [9.17, 15) is 43.2 Å². The molecule has 19 heteroatoms. The summed E-state index contributed by atoms with van der Waals surface area (Å²) in [5.74, 6) is 0.00647. The average Bonchev–Trinajstić information content (AvgIpc) is 3.67. The normalized spacial score (nSPS) is 15.1. The number of unbranched alkanes of at least 4 members (excludes halogenated alkanes) is 26. The van der Waals surface area contributed by atoms with E-state index in [0.29, 0.717) is 31.6 Å². The molecule has 0 saturated heterocycles. The van der Waals surface area contributed by atoms with Crippen molar-refractivity contribution in [3.63, 3.8) is 0 Å². The Hall–Kier alpha value is -2.46. The van der Waals surface area contributed by atoms with Gasteiger partial charge in [-0.3, -0.25) is 37.3 Å². The van der Waals surface area contributed by atoms with Crippen molar-refractivity contribution in [2.45, 2.75) is 324 Å². The van der Waals surface area contributed by atoms with Crippen molar-refractivity contribution in [1.29, 1.82) is 0 Å². The van der Waals surface area contributed by atoms with Gasteiger partial charge in [0.1, 0.15) is 19.3 Å². The summed E-state index contributed by atoms with van der Waals surface area (Å²) < 4.78 is 68.0. The fraction of sp³-hybridized carbons (Fsp3) is 0.881. The SMILES string of the molecule is CCCCCC/C=C\C=C/CCCCCCCC(=O)O[C@H](COC(=O)CCCCCCCCC(C)C)COP(=O)(O)OC[C@H](O)COP(=O)(O)OC[C@@H](COC(=O)CCCCCCCCC(C)CC)OC(=O)CCCCCCCCCCC(C)CC. The molecular formula is C67H126O17P2. The molecule has 0 heterocycles. The van der Waals surface area contributed by atoms with Crippen LogP contribution in [0.4, 0.5) is 0 Å². The zero-order valence-corrected chi connectivity index (χ0v) is 57.0. The Bertz CT molecular complexity index is 1800. The van der Waals surface area contributed by atoms with Crippen LogP contribution in [0.25, 0.3) is 0 Å². The number of aliphatic hydroxyl groups is 1. The van der Waals surface area contributed by atoms with Crippen molar-refractivity contribution >= 4 is 39.5 Å². The number of phosphoric acid groups is 2. The Kier molecular flexibility index (Phi) is 56.0. The molecule has 0 bridgehead atoms. The number of rotatable bonds is 63. The molecule has 0 fully saturated rings. The minimum Gasteiger partial charge on any atom is -0.462 e. The predicted octanol–water partition coefficient (Wildman–Crippen LogP) is 18.2. The maximum absolute atomic E-state index is 13.0. The number of allylic oxidation sites excluding steroid dienone is 4. The summed E-state index contributed by atoms with van der Waals surface area (Å²) in [5.41, 5.74) is 0. The van der Waals surface area contributed by atoms with E-state index in [1.165, 1.54) is 89.9 Å². The van der Waals surface area contributed by atoms with Crippen molar-refractivity contribution in [1.82, 2.24) is 0 Å². The second-order valence-electron chi connectivity index (χ2n) is 24.5. The summed E-state index contributed by atoms with van der Waals surface area (Å²) in [4.78, 5) is 72.3. The molecule has 0 rings (SSSR count). The number of esters is 4. The highest BCUT2D eigenvalue weighted by Gasteiger charge is 2.30. The van der Waals surface area contributed by atoms with Crippen LogP contribution in [0.2, 0.25) is 0 Å². The maximum Gasteiger partial charge on any atom is 0.472 e. The number of carbonyl (C=O) groups excluding carboxylic acids is 4. The highest BCUT2D eigenvalue weighted by Crippen LogP contribution is 2.45. The molecule has 0 aliphatic rings. The number of carbonyl (C=O) groups is 4. The third-order valence-electron chi connectivity index (χ3n) is 15.5. The highest BCUT2D eigenvalue weighted by molar-refractivity contribution is 7.47. The van der Waals surface area contributed by atoms with Gasteiger partial charge in [0.15, 0.2) is 12.2 Å². The molecule has 7 atom stereocenters. The van der Waals surface area contributed by atoms with Gasteiger partial charge in [-0.1, -0.05) is 253 Å². The van der Waals surface area contributed by atoms with Crippen molar-refractivity contribution < 1.29 is 80.2 Å². The fourth-order valence-corrected chi connectivity index (χ4v) is 11.0. The lowest BCUT2D eigenvalue weighted by atomic mass is 9.99. The monoisotopic (exact) mass is 1260 g/mol. The summed E-state index contributed by atoms with van der Waals surface area (Å²) in [7, 11) is -9.91. The van der Waals surface area contributed by atoms with Crippen LogP contribution in [-0.2, 0) is 65.4 Å². The molecule has 0 aromatic heterocycles. The van der Waals surface area contributed by atoms with Gasteiger partial charge >= 0.3 is 39.5 Å². The predicted molar refractivity (Wildman–Crippen MR) is 344 cm³/mol. The molecule has 0 amide bonds. The van der Waals surface area contributed by atoms with Crippen LogP contribution in [0, 0.1) is 17.8 Å². The second-order valence-corrected chi connectivity index (χ2v) is 27.4. The molecule has 0 radical (unpaired) electrons. The summed E-state index contributed by atoms with van der Waals surface area (Å²) >= 11 is 0. The van der Waals surface area contributed by atoms with Crippen LogP contribution in [0.5, 0.6) is 0 Å². The van der Waals surface area contributed by atoms with E-state index < -0.39 is 97.5 Å². The van der Waals surface area contributed by atoms with E-state index >= 15 is 0 Å². The molecule has 17 nitrogen and oxygen atoms in total. The van der Waals surface area contributed by atoms with Gasteiger partial charge in [0, 0.05) is 25.7 Å². The molecule has 3 N–H and O–H groups in total. The van der Waals surface area contributed by atoms with Crippen LogP contribution in [0.15, 0.2) is 24.3 Å². The Morgan fingerprint density at radius 1 is 0.384 bits per heavy atom. The number of hydrogen-bond acceptors (Lipinski definition) is 15. The molecule has 506 valence electrons. The van der Waals surface area contributed by atoms with Gasteiger partial charge in [-0.25, -0.2) is 9.13 Å². The van der Waals surface area contributed by atoms with Gasteiger partial charge in [-0.05, 0) is 69.1 Å². The summed E-state index contributed by atoms with van der Waals surface area (Å²) in [5, 5.41) is 10.6. The number of ether oxygens (including phenoxy) is 4. The van der Waals surface area contributed by atoms with Crippen LogP contribution >= 0.6 is 15.6 Å². The maximum atomic E-state index is 13.0. The highest BCUT2D eigenvalue weighted by atomic mass is 31.2. The first-order chi connectivity index (χ1) is 41.3. The molecule has 0 aromatic carbocycles. The van der Waals surface area contributed by atoms with Crippen LogP contribution in [0.3, 0.4) is 0 Å². The van der Waals surface area contributed by atoms with E-state index in [-0.39, 0.29) is 25.7 Å². The fourth-order valence-electron chi connectivity index (χ4n) is 9.41. The average molecular weight is 1270 g/mol. The van der Waals surface area contributed by atoms with Crippen molar-refractivity contribution in [2.75, 3.05) is 39.6 Å². The van der Waals surface area contributed by atoms with Crippen molar-refractivity contribution in [3.05, 3.63) is 24.3 Å². The molecule has 0 aliphatic carbocycles. The smallest absolute Gasteiger partial charge is 0.462 e. The van der Waals surface area contributed by atoms with Crippen LogP contribution in [0.1, 0.15) is 305 Å². The van der Waals surface area contributed by atoms with E-state index in [0.717, 1.165) is 127 Å². The van der Waals surface area contributed by atoms with Gasteiger partial charge in [-0.2, -0.15) is 0 Å². The Balaban J connectivity index is 5.29. The van der Waals surface area contributed by atoms with E-state index in [1.54, 1.807) is 0 Å². The van der Waals surface area contributed by atoms with Crippen molar-refractivity contribution in [3.8, 4) is 0 Å². The second kappa shape index (κ2) is 57.7. The van der Waals surface area contributed by atoms with Gasteiger partial charge in [0.25, 0.3) is 0 Å². The minimum absolute atomic E-state index is 0.0832. The molecule has 0 saturated carbocycles. The van der Waals surface area contributed by atoms with E-state index in [1.807, 2.05) is 0 Å². The van der Waals surface area contributed by atoms with E-state index in [4.69, 9.17) is 37.0 Å². The third kappa shape index (κ3) is 57.9. The Labute approximate surface area is 522 Å². The summed E-state index contributed by atoms with van der Waals surface area (Å²) in [6.07, 6.45) is 42.7. The van der Waals surface area contributed by atoms with Crippen molar-refractivity contribution in [2.24, 2.45) is 17.8 Å². The van der Waals surface area contributed by atoms with Gasteiger partial charge < -0.3 is 33.8 Å². The molecular weight excluding hydrogens is 1140 g/mol. The first-order valence-electron chi connectivity index (χ1n) is 34.2. The lowest BCUT2D eigenvalue weighted by Gasteiger charge is -2.21. The van der Waals surface area contributed by atoms with Gasteiger partial charge in [0.05, 0.1) is 26.4 Å². The molecule has 0 aliphatic heterocycles. The topological polar surface area (TPSA) is 237 Å². The molecule has 0 spiro atoms. The lowest BCUT2D eigenvalue weighted by Crippen LogP contribution is -2.30. The third-order valence-corrected chi connectivity index (χ3v) is 17.4. The Morgan fingerprint density at radius 3 is 1.03 bits per heavy atom. The van der Waals surface area contributed by atoms with Gasteiger partial charge in [-0.15, -0.1) is 0 Å². The largest absolute Gasteiger partial charge is 0.472 e. The zero-order chi connectivity index (χ0) is 63.8. The molecule has 0 aromatic rings. The number of phosphoric ester groups is 2. The Morgan fingerprint density at radius 2 is 0.686 bits per heavy atom. The molecule has 4 unspecified atom stereocenters. The van der Waals surface area contributed by atoms with Crippen LogP contribution in [-0.4, -0.2) is 96.7 Å². The summed E-state index contributed by atoms with van der Waals surface area (Å²) in [6.45, 7) is 11.6. The zero-order valence-electron chi connectivity index (χ0n) is 55.3. The molecule has 86 heavy (non-hydrogen) atoms. The standard InChI is InChI=1S/C67H126O17P2/c1-8-11-12-13-14-15-16-17-18-19-20-21-25-36-43-50-66(71)83-62(54-77-64(69)48-41-34-29-27-31-38-45-58(4)5)56-81-85(73,74)79-52-61(68)53-80-86(75,76)82-57-63(55-78-65(70)49-42-35-30-28-33-40-47-60(7)10-3)84-67(72)51-44-37-26-23-22-24-32-39-46-59(6)9-2/h15-18,58-63,68H,8-14,19-57H2,1-7H3,(H,73,74)(H,75,76)/b16-15-,18-17-/t59?,60?,61-,62+,63+/m0/s1. The minimum atomic E-state index is -4.96. The number of aliphatic hydroxyl groups excluding tert-OH is 1. The summed E-state index contributed by atoms with van der Waals surface area (Å²) in [6, 6.07) is 0. The first-order valence-corrected chi connectivity index (χ1v) is 37.2.